The van der Waals surface area contributed by atoms with Crippen LogP contribution in [0.3, 0.4) is 0 Å². The predicted octanol–water partition coefficient (Wildman–Crippen LogP) is 1.85. The number of amides is 2. The third kappa shape index (κ3) is 3.35. The van der Waals surface area contributed by atoms with Gasteiger partial charge < -0.3 is 10.2 Å². The maximum Gasteiger partial charge on any atom is 0.433 e. The van der Waals surface area contributed by atoms with E-state index in [9.17, 15) is 22.8 Å². The number of anilines is 1. The maximum absolute atomic E-state index is 12.6. The maximum atomic E-state index is 12.6. The van der Waals surface area contributed by atoms with E-state index in [0.717, 1.165) is 12.1 Å². The van der Waals surface area contributed by atoms with Crippen molar-refractivity contribution >= 4 is 28.6 Å². The second-order valence-corrected chi connectivity index (χ2v) is 4.99. The van der Waals surface area contributed by atoms with Crippen LogP contribution in [0.5, 0.6) is 0 Å². The molecule has 0 aliphatic heterocycles. The van der Waals surface area contributed by atoms with Crippen LogP contribution in [0.1, 0.15) is 30.1 Å². The van der Waals surface area contributed by atoms with Crippen molar-refractivity contribution in [2.75, 3.05) is 5.73 Å². The predicted molar refractivity (Wildman–Crippen MR) is 73.9 cm³/mol. The summed E-state index contributed by atoms with van der Waals surface area (Å²) in [5.74, 6) is -2.16. The van der Waals surface area contributed by atoms with Crippen molar-refractivity contribution in [1.82, 2.24) is 15.8 Å². The molecule has 2 aromatic rings. The lowest BCUT2D eigenvalue weighted by Crippen LogP contribution is -2.43. The number of nitrogen functional groups attached to an aromatic ring is 1. The minimum Gasteiger partial charge on any atom is -0.430 e. The monoisotopic (exact) mass is 330 g/mol. The van der Waals surface area contributed by atoms with Gasteiger partial charge in [0.25, 0.3) is 0 Å². The van der Waals surface area contributed by atoms with Gasteiger partial charge in [-0.2, -0.15) is 13.2 Å². The first kappa shape index (κ1) is 16.6. The van der Waals surface area contributed by atoms with Crippen LogP contribution in [0.25, 0.3) is 11.1 Å². The Morgan fingerprint density at radius 1 is 1.26 bits per heavy atom. The van der Waals surface area contributed by atoms with E-state index in [4.69, 9.17) is 10.2 Å². The molecule has 0 fully saturated rings. The molecule has 10 heteroatoms. The van der Waals surface area contributed by atoms with Crippen molar-refractivity contribution in [3.8, 4) is 0 Å². The van der Waals surface area contributed by atoms with E-state index in [0.29, 0.717) is 0 Å². The van der Waals surface area contributed by atoms with Crippen molar-refractivity contribution < 1.29 is 27.2 Å². The van der Waals surface area contributed by atoms with Crippen LogP contribution >= 0.6 is 0 Å². The van der Waals surface area contributed by atoms with Crippen LogP contribution in [0.4, 0.5) is 18.9 Å². The molecule has 7 nitrogen and oxygen atoms in total. The van der Waals surface area contributed by atoms with E-state index in [1.54, 1.807) is 13.8 Å². The molecule has 0 saturated heterocycles. The quantitative estimate of drug-likeness (QED) is 0.728. The fourth-order valence-corrected chi connectivity index (χ4v) is 1.64. The highest BCUT2D eigenvalue weighted by atomic mass is 19.4. The second kappa shape index (κ2) is 5.78. The highest BCUT2D eigenvalue weighted by Crippen LogP contribution is 2.32. The summed E-state index contributed by atoms with van der Waals surface area (Å²) in [4.78, 5) is 26.6. The molecule has 0 unspecified atom stereocenters. The number of nitrogens with zero attached hydrogens (tertiary/aromatic N) is 1. The van der Waals surface area contributed by atoms with Crippen LogP contribution < -0.4 is 16.6 Å². The number of carbonyl (C=O) groups excluding carboxylic acids is 2. The van der Waals surface area contributed by atoms with Gasteiger partial charge in [0.2, 0.25) is 17.4 Å². The molecule has 0 bridgehead atoms. The zero-order valence-corrected chi connectivity index (χ0v) is 12.1. The van der Waals surface area contributed by atoms with Gasteiger partial charge in [-0.1, -0.05) is 13.8 Å². The number of pyridine rings is 1. The molecule has 0 aliphatic rings. The number of aromatic nitrogens is 1. The van der Waals surface area contributed by atoms with Crippen molar-refractivity contribution in [2.45, 2.75) is 20.0 Å². The van der Waals surface area contributed by atoms with Crippen LogP contribution in [0, 0.1) is 5.92 Å². The Kier molecular flexibility index (Phi) is 4.17. The number of nitrogens with one attached hydrogen (secondary N) is 2. The minimum absolute atomic E-state index is 0.0679. The normalized spacial score (nSPS) is 11.7. The molecular weight excluding hydrogens is 317 g/mol. The Hall–Kier alpha value is -2.78. The molecule has 0 aliphatic carbocycles. The molecule has 2 aromatic heterocycles. The van der Waals surface area contributed by atoms with Crippen LogP contribution in [0.15, 0.2) is 16.5 Å². The number of hydrogen-bond acceptors (Lipinski definition) is 5. The van der Waals surface area contributed by atoms with Gasteiger partial charge in [0, 0.05) is 5.92 Å². The summed E-state index contributed by atoms with van der Waals surface area (Å²) in [5.41, 5.74) is 8.12. The lowest BCUT2D eigenvalue weighted by atomic mass is 10.2. The van der Waals surface area contributed by atoms with E-state index in [2.05, 4.69) is 15.8 Å². The second-order valence-electron chi connectivity index (χ2n) is 4.99. The number of furan rings is 1. The minimum atomic E-state index is -4.65. The SMILES string of the molecule is CC(C)C(=O)NNC(=O)c1oc2nc(C(F)(F)F)ccc2c1N. The lowest BCUT2D eigenvalue weighted by Gasteiger charge is -2.07. The van der Waals surface area contributed by atoms with Crippen molar-refractivity contribution in [3.05, 3.63) is 23.6 Å². The Balaban J connectivity index is 2.29. The molecule has 2 heterocycles. The first-order valence-electron chi connectivity index (χ1n) is 6.47. The number of alkyl halides is 3. The summed E-state index contributed by atoms with van der Waals surface area (Å²) in [6.45, 7) is 3.22. The number of hydrazine groups is 1. The van der Waals surface area contributed by atoms with Gasteiger partial charge in [-0.3, -0.25) is 20.4 Å². The topological polar surface area (TPSA) is 110 Å². The molecule has 2 rings (SSSR count). The third-order valence-electron chi connectivity index (χ3n) is 2.91. The molecule has 2 amide bonds. The van der Waals surface area contributed by atoms with E-state index in [-0.39, 0.29) is 17.0 Å². The zero-order chi connectivity index (χ0) is 17.4. The number of carbonyl (C=O) groups is 2. The van der Waals surface area contributed by atoms with E-state index >= 15 is 0 Å². The van der Waals surface area contributed by atoms with Gasteiger partial charge in [0.1, 0.15) is 5.69 Å². The Morgan fingerprint density at radius 2 is 1.91 bits per heavy atom. The number of halogens is 3. The van der Waals surface area contributed by atoms with Crippen LogP contribution in [-0.4, -0.2) is 16.8 Å². The molecule has 0 aromatic carbocycles. The number of fused-ring (bicyclic) bond motifs is 1. The van der Waals surface area contributed by atoms with Crippen LogP contribution in [0.2, 0.25) is 0 Å². The lowest BCUT2D eigenvalue weighted by molar-refractivity contribution is -0.141. The summed E-state index contributed by atoms with van der Waals surface area (Å²) in [7, 11) is 0. The largest absolute Gasteiger partial charge is 0.433 e. The van der Waals surface area contributed by atoms with Gasteiger partial charge in [0.05, 0.1) is 11.1 Å². The molecule has 0 radical (unpaired) electrons. The average Bonchev–Trinajstić information content (AvgIpc) is 2.80. The highest BCUT2D eigenvalue weighted by Gasteiger charge is 2.33. The van der Waals surface area contributed by atoms with Gasteiger partial charge in [-0.25, -0.2) is 4.98 Å². The first-order valence-corrected chi connectivity index (χ1v) is 6.47. The number of hydrogen-bond donors (Lipinski definition) is 3. The molecule has 0 saturated carbocycles. The molecule has 0 spiro atoms. The molecule has 23 heavy (non-hydrogen) atoms. The Labute approximate surface area is 128 Å². The standard InChI is InChI=1S/C13H13F3N4O3/c1-5(2)10(21)19-20-11(22)9-8(17)6-3-4-7(13(14,15)16)18-12(6)23-9/h3-5H,17H2,1-2H3,(H,19,21)(H,20,22). The van der Waals surface area contributed by atoms with Crippen LogP contribution in [-0.2, 0) is 11.0 Å². The summed E-state index contributed by atoms with van der Waals surface area (Å²) >= 11 is 0. The number of nitrogens with two attached hydrogens (primary N) is 1. The number of rotatable bonds is 2. The van der Waals surface area contributed by atoms with Crippen molar-refractivity contribution in [3.63, 3.8) is 0 Å². The summed E-state index contributed by atoms with van der Waals surface area (Å²) in [6.07, 6.45) is -4.65. The summed E-state index contributed by atoms with van der Waals surface area (Å²) in [5, 5.41) is 0.0679. The van der Waals surface area contributed by atoms with Crippen molar-refractivity contribution in [1.29, 1.82) is 0 Å². The average molecular weight is 330 g/mol. The van der Waals surface area contributed by atoms with E-state index < -0.39 is 35.2 Å². The Bertz CT molecular complexity index is 768. The smallest absolute Gasteiger partial charge is 0.430 e. The van der Waals surface area contributed by atoms with Gasteiger partial charge in [-0.15, -0.1) is 0 Å². The summed E-state index contributed by atoms with van der Waals surface area (Å²) < 4.78 is 42.8. The van der Waals surface area contributed by atoms with E-state index in [1.807, 2.05) is 0 Å². The fourth-order valence-electron chi connectivity index (χ4n) is 1.64. The molecular formula is C13H13F3N4O3. The third-order valence-corrected chi connectivity index (χ3v) is 2.91. The zero-order valence-electron chi connectivity index (χ0n) is 12.1. The van der Waals surface area contributed by atoms with E-state index in [1.165, 1.54) is 0 Å². The van der Waals surface area contributed by atoms with Gasteiger partial charge in [0.15, 0.2) is 0 Å². The molecule has 124 valence electrons. The first-order chi connectivity index (χ1) is 10.6. The Morgan fingerprint density at radius 3 is 2.48 bits per heavy atom. The van der Waals surface area contributed by atoms with Crippen molar-refractivity contribution in [2.24, 2.45) is 5.92 Å². The molecule has 4 N–H and O–H groups in total. The van der Waals surface area contributed by atoms with Gasteiger partial charge in [-0.05, 0) is 12.1 Å². The highest BCUT2D eigenvalue weighted by molar-refractivity contribution is 6.05. The molecule has 0 atom stereocenters. The fraction of sp³-hybridized carbons (Fsp3) is 0.308. The summed E-state index contributed by atoms with van der Waals surface area (Å²) in [6, 6.07) is 1.80. The van der Waals surface area contributed by atoms with Gasteiger partial charge >= 0.3 is 12.1 Å².